The molecule has 131 valence electrons. The first-order chi connectivity index (χ1) is 10.1. The fourth-order valence-electron chi connectivity index (χ4n) is 2.81. The van der Waals surface area contributed by atoms with Gasteiger partial charge in [0, 0.05) is 18.6 Å². The molecule has 2 aromatic carbocycles. The second kappa shape index (κ2) is 10.8. The van der Waals surface area contributed by atoms with Gasteiger partial charge in [0.05, 0.1) is 0 Å². The van der Waals surface area contributed by atoms with Gasteiger partial charge in [0.2, 0.25) is 0 Å². The molecule has 0 fully saturated rings. The van der Waals surface area contributed by atoms with Crippen molar-refractivity contribution in [1.82, 2.24) is 0 Å². The zero-order valence-corrected chi connectivity index (χ0v) is 19.3. The van der Waals surface area contributed by atoms with Crippen molar-refractivity contribution in [2.45, 2.75) is 69.2 Å². The Labute approximate surface area is 166 Å². The Bertz CT molecular complexity index is 414. The molecule has 0 spiro atoms. The van der Waals surface area contributed by atoms with Gasteiger partial charge in [-0.2, -0.15) is 55.6 Å². The van der Waals surface area contributed by atoms with Crippen LogP contribution in [0, 0.1) is 69.2 Å². The number of hydrogen-bond acceptors (Lipinski definition) is 2. The molecule has 1 radical (unpaired) electrons. The predicted molar refractivity (Wildman–Crippen MR) is 106 cm³/mol. The largest absolute Gasteiger partial charge is 1.00 e. The minimum Gasteiger partial charge on any atom is -1.00 e. The Morgan fingerprint density at radius 3 is 0.652 bits per heavy atom. The zero-order valence-electron chi connectivity index (χ0n) is 16.3. The van der Waals surface area contributed by atoms with E-state index in [1.807, 2.05) is 0 Å². The fourth-order valence-corrected chi connectivity index (χ4v) is 2.81. The van der Waals surface area contributed by atoms with Gasteiger partial charge in [0.1, 0.15) is 0 Å². The van der Waals surface area contributed by atoms with Crippen LogP contribution in [-0.4, -0.2) is 0 Å². The monoisotopic (exact) mass is 385 g/mol. The number of hydrogen-bond donors (Lipinski definition) is 0. The van der Waals surface area contributed by atoms with Crippen molar-refractivity contribution in [3.05, 3.63) is 55.6 Å². The van der Waals surface area contributed by atoms with Gasteiger partial charge < -0.3 is 23.3 Å². The molecule has 2 rings (SSSR count). The van der Waals surface area contributed by atoms with Crippen LogP contribution in [0.5, 0.6) is 0 Å². The predicted octanol–water partition coefficient (Wildman–Crippen LogP) is 5.89. The summed E-state index contributed by atoms with van der Waals surface area (Å²) in [6.07, 6.45) is 0. The van der Waals surface area contributed by atoms with E-state index in [4.69, 9.17) is 0 Å². The molecule has 0 heterocycles. The van der Waals surface area contributed by atoms with Gasteiger partial charge in [-0.05, 0) is 0 Å². The molecule has 0 aliphatic heterocycles. The maximum absolute atomic E-state index is 3.67. The van der Waals surface area contributed by atoms with Crippen LogP contribution in [0.25, 0.3) is 0 Å². The Morgan fingerprint density at radius 2 is 0.609 bits per heavy atom. The molecule has 3 heteroatoms. The van der Waals surface area contributed by atoms with Crippen LogP contribution in [0.3, 0.4) is 0 Å². The van der Waals surface area contributed by atoms with E-state index < -0.39 is 0 Å². The van der Waals surface area contributed by atoms with E-state index in [9.17, 15) is 0 Å². The number of rotatable bonds is 0. The van der Waals surface area contributed by atoms with Gasteiger partial charge in [-0.1, -0.05) is 69.2 Å². The average Bonchev–Trinajstić information content (AvgIpc) is 2.81. The molecule has 0 aliphatic rings. The normalized spacial score (nSPS) is 9.39. The average molecular weight is 386 g/mol. The molecule has 0 aromatic heterocycles. The molecule has 2 aromatic rings. The maximum Gasteiger partial charge on any atom is 0 e. The molecule has 0 bridgehead atoms. The molecule has 0 atom stereocenters. The van der Waals surface area contributed by atoms with Crippen LogP contribution in [0.2, 0.25) is 0 Å². The quantitative estimate of drug-likeness (QED) is 0.315. The fraction of sp³-hybridized carbons (Fsp3) is 0.500. The van der Waals surface area contributed by atoms with Crippen LogP contribution in [0.4, 0.5) is 0 Å². The van der Waals surface area contributed by atoms with Crippen molar-refractivity contribution in [3.8, 4) is 0 Å². The molecule has 0 amide bonds. The summed E-state index contributed by atoms with van der Waals surface area (Å²) in [6, 6.07) is 0. The van der Waals surface area contributed by atoms with Crippen molar-refractivity contribution in [2.24, 2.45) is 0 Å². The zero-order chi connectivity index (χ0) is 17.8. The summed E-state index contributed by atoms with van der Waals surface area (Å²) in [4.78, 5) is 0. The van der Waals surface area contributed by atoms with E-state index in [0.717, 1.165) is 0 Å². The third kappa shape index (κ3) is 5.49. The van der Waals surface area contributed by atoms with Crippen LogP contribution in [0.1, 0.15) is 55.6 Å². The van der Waals surface area contributed by atoms with Crippen molar-refractivity contribution >= 4 is 23.3 Å². The molecular formula is C20H30S2V-4. The van der Waals surface area contributed by atoms with Gasteiger partial charge in [0.25, 0.3) is 0 Å². The van der Waals surface area contributed by atoms with E-state index >= 15 is 0 Å². The summed E-state index contributed by atoms with van der Waals surface area (Å²) in [7, 11) is 0. The molecule has 0 nitrogen and oxygen atoms in total. The minimum atomic E-state index is 0. The van der Waals surface area contributed by atoms with Gasteiger partial charge in [0.15, 0.2) is 0 Å². The molecule has 23 heavy (non-hydrogen) atoms. The summed E-state index contributed by atoms with van der Waals surface area (Å²) in [6.45, 7) is 22.0. The summed E-state index contributed by atoms with van der Waals surface area (Å²) in [5, 5.41) is 0. The van der Waals surface area contributed by atoms with Gasteiger partial charge in [-0.15, -0.1) is 0 Å². The Balaban J connectivity index is 0. The molecule has 0 aliphatic carbocycles. The summed E-state index contributed by atoms with van der Waals surface area (Å²) in [5.41, 5.74) is 14.7. The molecular weight excluding hydrogens is 355 g/mol. The molecule has 0 N–H and O–H groups in total. The van der Waals surface area contributed by atoms with E-state index in [-0.39, 0.29) is 18.6 Å². The van der Waals surface area contributed by atoms with Crippen LogP contribution in [0.15, 0.2) is 0 Å². The van der Waals surface area contributed by atoms with E-state index in [0.29, 0.717) is 0 Å². The molecule has 0 saturated carbocycles. The van der Waals surface area contributed by atoms with Crippen molar-refractivity contribution < 1.29 is 18.6 Å². The Kier molecular flexibility index (Phi) is 11.8. The summed E-state index contributed by atoms with van der Waals surface area (Å²) < 4.78 is 0. The Hall–Kier alpha value is -0.0156. The third-order valence-electron chi connectivity index (χ3n) is 5.62. The van der Waals surface area contributed by atoms with Crippen molar-refractivity contribution in [1.29, 1.82) is 0 Å². The summed E-state index contributed by atoms with van der Waals surface area (Å²) >= 11 is 7.33. The van der Waals surface area contributed by atoms with Crippen LogP contribution < -0.4 is 0 Å². The summed E-state index contributed by atoms with van der Waals surface area (Å²) in [5.74, 6) is 0. The SMILES string of the molecule is Cc1c(C)c(C)[c-](C)c1C.Cc1c(C)c(C)[c-](C)c1C.[S-][S-].[V]. The maximum atomic E-state index is 3.67. The van der Waals surface area contributed by atoms with Crippen LogP contribution in [-0.2, 0) is 41.9 Å². The van der Waals surface area contributed by atoms with E-state index in [1.165, 1.54) is 55.6 Å². The van der Waals surface area contributed by atoms with Crippen LogP contribution >= 0.6 is 0 Å². The van der Waals surface area contributed by atoms with Gasteiger partial charge >= 0.3 is 0 Å². The Morgan fingerprint density at radius 1 is 0.478 bits per heavy atom. The van der Waals surface area contributed by atoms with E-state index in [1.54, 1.807) is 0 Å². The van der Waals surface area contributed by atoms with E-state index in [2.05, 4.69) is 92.6 Å². The molecule has 0 saturated heterocycles. The third-order valence-corrected chi connectivity index (χ3v) is 5.62. The molecule has 0 unspecified atom stereocenters. The smallest absolute Gasteiger partial charge is 0 e. The second-order valence-corrected chi connectivity index (χ2v) is 6.25. The first-order valence-electron chi connectivity index (χ1n) is 7.67. The second-order valence-electron chi connectivity index (χ2n) is 6.25. The minimum absolute atomic E-state index is 0. The van der Waals surface area contributed by atoms with Crippen molar-refractivity contribution in [2.75, 3.05) is 0 Å². The van der Waals surface area contributed by atoms with Crippen molar-refractivity contribution in [3.63, 3.8) is 0 Å². The first-order valence-corrected chi connectivity index (χ1v) is 9.00. The first kappa shape index (κ1) is 25.2. The topological polar surface area (TPSA) is 0 Å². The van der Waals surface area contributed by atoms with Gasteiger partial charge in [-0.25, -0.2) is 0 Å². The van der Waals surface area contributed by atoms with Gasteiger partial charge in [-0.3, -0.25) is 0 Å². The standard InChI is InChI=1S/2C10H15.S2.V/c2*1-6-7(2)9(4)10(5)8(6)3;1-2;/h2*1-5H3;;/q2*-1;-2;.